The molecule has 0 radical (unpaired) electrons. The van der Waals surface area contributed by atoms with Crippen molar-refractivity contribution in [3.05, 3.63) is 64.4 Å². The van der Waals surface area contributed by atoms with Gasteiger partial charge in [0, 0.05) is 28.6 Å². The van der Waals surface area contributed by atoms with Gasteiger partial charge in [0.15, 0.2) is 6.10 Å². The van der Waals surface area contributed by atoms with Crippen LogP contribution in [0.1, 0.15) is 24.5 Å². The van der Waals surface area contributed by atoms with Gasteiger partial charge in [-0.15, -0.1) is 0 Å². The van der Waals surface area contributed by atoms with Crippen LogP contribution in [0.3, 0.4) is 0 Å². The van der Waals surface area contributed by atoms with E-state index in [0.29, 0.717) is 40.8 Å². The lowest BCUT2D eigenvalue weighted by Crippen LogP contribution is -2.39. The summed E-state index contributed by atoms with van der Waals surface area (Å²) in [7, 11) is 0. The third-order valence-corrected chi connectivity index (χ3v) is 5.12. The maximum Gasteiger partial charge on any atom is 0.261 e. The van der Waals surface area contributed by atoms with Crippen molar-refractivity contribution in [3.63, 3.8) is 0 Å². The van der Waals surface area contributed by atoms with Crippen molar-refractivity contribution >= 4 is 29.3 Å². The van der Waals surface area contributed by atoms with Crippen LogP contribution in [-0.4, -0.2) is 24.3 Å². The summed E-state index contributed by atoms with van der Waals surface area (Å²) in [6.07, 6.45) is 0.0559. The summed E-state index contributed by atoms with van der Waals surface area (Å²) in [5.41, 5.74) is 1.58. The molecule has 0 unspecified atom stereocenters. The minimum Gasteiger partial charge on any atom is -0.481 e. The van der Waals surface area contributed by atoms with Crippen molar-refractivity contribution in [2.24, 2.45) is 0 Å². The third-order valence-electron chi connectivity index (χ3n) is 3.78. The Morgan fingerprint density at radius 3 is 2.77 bits per heavy atom. The van der Waals surface area contributed by atoms with Crippen LogP contribution in [0.4, 0.5) is 4.39 Å². The number of halogens is 2. The molecule has 26 heavy (non-hydrogen) atoms. The molecule has 3 nitrogen and oxygen atoms in total. The second-order valence-electron chi connectivity index (χ2n) is 5.88. The van der Waals surface area contributed by atoms with Crippen LogP contribution in [0.25, 0.3) is 0 Å². The zero-order valence-electron chi connectivity index (χ0n) is 14.9. The fourth-order valence-electron chi connectivity index (χ4n) is 2.38. The quantitative estimate of drug-likeness (QED) is 0.607. The number of hydrogen-bond acceptors (Lipinski definition) is 3. The van der Waals surface area contributed by atoms with E-state index in [1.54, 1.807) is 12.1 Å². The first-order chi connectivity index (χ1) is 12.5. The van der Waals surface area contributed by atoms with Gasteiger partial charge < -0.3 is 10.1 Å². The van der Waals surface area contributed by atoms with E-state index < -0.39 is 6.10 Å². The molecule has 0 spiro atoms. The summed E-state index contributed by atoms with van der Waals surface area (Å²) < 4.78 is 19.5. The highest BCUT2D eigenvalue weighted by molar-refractivity contribution is 7.98. The first kappa shape index (κ1) is 20.6. The molecule has 2 aromatic carbocycles. The molecule has 2 rings (SSSR count). The van der Waals surface area contributed by atoms with Gasteiger partial charge in [-0.05, 0) is 43.2 Å². The molecule has 0 aromatic heterocycles. The molecule has 0 aliphatic heterocycles. The van der Waals surface area contributed by atoms with E-state index in [4.69, 9.17) is 16.3 Å². The van der Waals surface area contributed by atoms with Gasteiger partial charge in [0.25, 0.3) is 5.91 Å². The number of carbonyl (C=O) groups is 1. The zero-order valence-corrected chi connectivity index (χ0v) is 16.5. The molecular formula is C20H23ClFNO2S. The van der Waals surface area contributed by atoms with E-state index >= 15 is 0 Å². The van der Waals surface area contributed by atoms with Crippen molar-refractivity contribution in [1.82, 2.24) is 5.32 Å². The Morgan fingerprint density at radius 2 is 2.08 bits per heavy atom. The van der Waals surface area contributed by atoms with Gasteiger partial charge in [-0.1, -0.05) is 36.7 Å². The number of hydrogen-bond donors (Lipinski definition) is 1. The number of aryl methyl sites for hydroxylation is 1. The fraction of sp³-hybridized carbons (Fsp3) is 0.350. The van der Waals surface area contributed by atoms with Crippen molar-refractivity contribution in [1.29, 1.82) is 0 Å². The predicted molar refractivity (Wildman–Crippen MR) is 106 cm³/mol. The van der Waals surface area contributed by atoms with Gasteiger partial charge in [0.05, 0.1) is 0 Å². The minimum atomic E-state index is -0.525. The Morgan fingerprint density at radius 1 is 1.31 bits per heavy atom. The van der Waals surface area contributed by atoms with Gasteiger partial charge >= 0.3 is 0 Å². The van der Waals surface area contributed by atoms with E-state index in [0.717, 1.165) is 5.56 Å². The summed E-state index contributed by atoms with van der Waals surface area (Å²) in [5, 5.41) is 3.30. The Bertz CT molecular complexity index is 721. The van der Waals surface area contributed by atoms with Crippen LogP contribution in [0.2, 0.25) is 5.02 Å². The molecule has 1 amide bonds. The second-order valence-corrected chi connectivity index (χ2v) is 7.39. The lowest BCUT2D eigenvalue weighted by molar-refractivity contribution is -0.127. The monoisotopic (exact) mass is 395 g/mol. The molecule has 0 fully saturated rings. The summed E-state index contributed by atoms with van der Waals surface area (Å²) in [4.78, 5) is 12.3. The van der Waals surface area contributed by atoms with Gasteiger partial charge in [-0.3, -0.25) is 4.79 Å². The molecule has 6 heteroatoms. The van der Waals surface area contributed by atoms with Crippen molar-refractivity contribution in [2.75, 3.05) is 12.3 Å². The molecule has 140 valence electrons. The summed E-state index contributed by atoms with van der Waals surface area (Å²) in [6.45, 7) is 4.38. The highest BCUT2D eigenvalue weighted by atomic mass is 35.5. The number of ether oxygens (including phenoxy) is 1. The maximum atomic E-state index is 13.7. The lowest BCUT2D eigenvalue weighted by Gasteiger charge is -2.17. The van der Waals surface area contributed by atoms with Crippen molar-refractivity contribution < 1.29 is 13.9 Å². The molecule has 0 heterocycles. The predicted octanol–water partition coefficient (Wildman–Crippen LogP) is 4.99. The Hall–Kier alpha value is -1.72. The van der Waals surface area contributed by atoms with Crippen LogP contribution < -0.4 is 10.1 Å². The van der Waals surface area contributed by atoms with Crippen LogP contribution >= 0.6 is 23.4 Å². The number of amides is 1. The molecule has 0 saturated heterocycles. The number of nitrogens with one attached hydrogen (secondary N) is 1. The maximum absolute atomic E-state index is 13.7. The molecule has 0 aliphatic rings. The topological polar surface area (TPSA) is 38.3 Å². The first-order valence-corrected chi connectivity index (χ1v) is 10.1. The normalized spacial score (nSPS) is 11.8. The standard InChI is InChI=1S/C20H23ClFNO2S/c1-3-19(25-15-7-4-6-14(2)12-15)20(24)23-10-11-26-13-16-17(21)8-5-9-18(16)22/h4-9,12,19H,3,10-11,13H2,1-2H3,(H,23,24)/t19-/m1/s1. The van der Waals surface area contributed by atoms with Crippen molar-refractivity contribution in [3.8, 4) is 5.75 Å². The van der Waals surface area contributed by atoms with Crippen LogP contribution in [-0.2, 0) is 10.5 Å². The smallest absolute Gasteiger partial charge is 0.261 e. The van der Waals surface area contributed by atoms with Crippen LogP contribution in [0, 0.1) is 12.7 Å². The summed E-state index contributed by atoms with van der Waals surface area (Å²) >= 11 is 7.52. The lowest BCUT2D eigenvalue weighted by atomic mass is 10.2. The van der Waals surface area contributed by atoms with E-state index in [-0.39, 0.29) is 11.7 Å². The number of carbonyl (C=O) groups excluding carboxylic acids is 1. The third kappa shape index (κ3) is 6.22. The Labute approximate surface area is 163 Å². The minimum absolute atomic E-state index is 0.140. The van der Waals surface area contributed by atoms with E-state index in [9.17, 15) is 9.18 Å². The van der Waals surface area contributed by atoms with Gasteiger partial charge in [-0.2, -0.15) is 11.8 Å². The van der Waals surface area contributed by atoms with E-state index in [1.165, 1.54) is 17.8 Å². The van der Waals surface area contributed by atoms with Gasteiger partial charge in [0.2, 0.25) is 0 Å². The van der Waals surface area contributed by atoms with Gasteiger partial charge in [-0.25, -0.2) is 4.39 Å². The zero-order chi connectivity index (χ0) is 18.9. The average molecular weight is 396 g/mol. The van der Waals surface area contributed by atoms with E-state index in [1.807, 2.05) is 38.1 Å². The largest absolute Gasteiger partial charge is 0.481 e. The van der Waals surface area contributed by atoms with Crippen molar-refractivity contribution in [2.45, 2.75) is 32.1 Å². The fourth-order valence-corrected chi connectivity index (χ4v) is 3.58. The molecule has 0 aliphatic carbocycles. The van der Waals surface area contributed by atoms with E-state index in [2.05, 4.69) is 5.32 Å². The SMILES string of the molecule is CC[C@@H](Oc1cccc(C)c1)C(=O)NCCSCc1c(F)cccc1Cl. The second kappa shape index (κ2) is 10.4. The highest BCUT2D eigenvalue weighted by Gasteiger charge is 2.17. The molecule has 0 bridgehead atoms. The molecule has 0 saturated carbocycles. The van der Waals surface area contributed by atoms with Gasteiger partial charge in [0.1, 0.15) is 11.6 Å². The summed E-state index contributed by atoms with van der Waals surface area (Å²) in [6, 6.07) is 12.3. The number of benzene rings is 2. The Balaban J connectivity index is 1.75. The van der Waals surface area contributed by atoms with Crippen LogP contribution in [0.5, 0.6) is 5.75 Å². The average Bonchev–Trinajstić information content (AvgIpc) is 2.61. The first-order valence-electron chi connectivity index (χ1n) is 8.53. The number of thioether (sulfide) groups is 1. The molecule has 1 N–H and O–H groups in total. The Kier molecular flexibility index (Phi) is 8.26. The van der Waals surface area contributed by atoms with Crippen LogP contribution in [0.15, 0.2) is 42.5 Å². The number of rotatable bonds is 9. The highest BCUT2D eigenvalue weighted by Crippen LogP contribution is 2.23. The molecule has 2 aromatic rings. The molecule has 1 atom stereocenters. The summed E-state index contributed by atoms with van der Waals surface area (Å²) in [5.74, 6) is 1.39. The molecular weight excluding hydrogens is 373 g/mol.